The quantitative estimate of drug-likeness (QED) is 0.708. The summed E-state index contributed by atoms with van der Waals surface area (Å²) < 4.78 is 0. The molecule has 0 bridgehead atoms. The highest BCUT2D eigenvalue weighted by Gasteiger charge is 2.06. The third kappa shape index (κ3) is 3.65. The number of H-pyrrole nitrogens is 1. The average Bonchev–Trinajstić information content (AvgIpc) is 2.92. The van der Waals surface area contributed by atoms with Crippen LogP contribution in [-0.4, -0.2) is 26.6 Å². The van der Waals surface area contributed by atoms with Crippen molar-refractivity contribution in [3.63, 3.8) is 0 Å². The molecule has 0 saturated heterocycles. The van der Waals surface area contributed by atoms with Gasteiger partial charge in [-0.1, -0.05) is 30.0 Å². The maximum Gasteiger partial charge on any atom is 0.226 e. The number of aromatic amines is 1. The molecule has 0 aliphatic rings. The third-order valence-electron chi connectivity index (χ3n) is 3.11. The molecule has 0 unspecified atom stereocenters. The van der Waals surface area contributed by atoms with E-state index in [1.807, 2.05) is 37.3 Å². The lowest BCUT2D eigenvalue weighted by Crippen LogP contribution is -2.13. The number of benzene rings is 1. The molecule has 0 saturated carbocycles. The van der Waals surface area contributed by atoms with E-state index in [-0.39, 0.29) is 5.91 Å². The molecule has 0 spiro atoms. The lowest BCUT2D eigenvalue weighted by Gasteiger charge is -2.03. The van der Waals surface area contributed by atoms with Gasteiger partial charge in [0.15, 0.2) is 5.16 Å². The number of hydrogen-bond donors (Lipinski definition) is 2. The first-order valence-corrected chi connectivity index (χ1v) is 7.99. The zero-order valence-electron chi connectivity index (χ0n) is 12.2. The molecule has 0 aliphatic carbocycles. The fourth-order valence-corrected chi connectivity index (χ4v) is 2.81. The summed E-state index contributed by atoms with van der Waals surface area (Å²) in [4.78, 5) is 23.7. The summed E-state index contributed by atoms with van der Waals surface area (Å²) in [6, 6.07) is 11.6. The van der Waals surface area contributed by atoms with Crippen LogP contribution in [-0.2, 0) is 4.79 Å². The summed E-state index contributed by atoms with van der Waals surface area (Å²) in [6.45, 7) is 1.96. The van der Waals surface area contributed by atoms with Gasteiger partial charge in [-0.2, -0.15) is 0 Å². The van der Waals surface area contributed by atoms with Gasteiger partial charge < -0.3 is 10.3 Å². The lowest BCUT2D eigenvalue weighted by molar-refractivity contribution is -0.115. The van der Waals surface area contributed by atoms with Crippen LogP contribution >= 0.6 is 11.8 Å². The van der Waals surface area contributed by atoms with Crippen LogP contribution in [0.4, 0.5) is 5.82 Å². The number of aryl methyl sites for hydroxylation is 1. The van der Waals surface area contributed by atoms with Crippen LogP contribution in [0.3, 0.4) is 0 Å². The Kier molecular flexibility index (Phi) is 4.39. The number of rotatable bonds is 5. The number of thioether (sulfide) groups is 1. The maximum atomic E-state index is 11.9. The number of nitrogens with one attached hydrogen (secondary N) is 2. The van der Waals surface area contributed by atoms with E-state index in [2.05, 4.69) is 20.3 Å². The summed E-state index contributed by atoms with van der Waals surface area (Å²) in [7, 11) is 0. The zero-order chi connectivity index (χ0) is 15.4. The fourth-order valence-electron chi connectivity index (χ4n) is 1.99. The number of anilines is 1. The van der Waals surface area contributed by atoms with Crippen molar-refractivity contribution < 1.29 is 4.79 Å². The molecule has 2 heterocycles. The average molecular weight is 312 g/mol. The number of amides is 1. The van der Waals surface area contributed by atoms with Crippen LogP contribution in [0.1, 0.15) is 12.0 Å². The van der Waals surface area contributed by atoms with Gasteiger partial charge in [0.2, 0.25) is 5.91 Å². The van der Waals surface area contributed by atoms with Crippen molar-refractivity contribution >= 4 is 34.5 Å². The van der Waals surface area contributed by atoms with E-state index < -0.39 is 0 Å². The van der Waals surface area contributed by atoms with Gasteiger partial charge in [-0.25, -0.2) is 9.97 Å². The van der Waals surface area contributed by atoms with E-state index in [4.69, 9.17) is 0 Å². The summed E-state index contributed by atoms with van der Waals surface area (Å²) in [6.07, 6.45) is 2.15. The van der Waals surface area contributed by atoms with Gasteiger partial charge in [0.25, 0.3) is 0 Å². The molecule has 2 aromatic heterocycles. The van der Waals surface area contributed by atoms with Gasteiger partial charge in [-0.15, -0.1) is 0 Å². The van der Waals surface area contributed by atoms with Crippen molar-refractivity contribution in [1.29, 1.82) is 0 Å². The second-order valence-corrected chi connectivity index (χ2v) is 6.01. The number of carbonyl (C=O) groups is 1. The van der Waals surface area contributed by atoms with E-state index in [0.29, 0.717) is 18.0 Å². The number of imidazole rings is 1. The van der Waals surface area contributed by atoms with Crippen LogP contribution in [0.2, 0.25) is 0 Å². The molecule has 2 N–H and O–H groups in total. The maximum absolute atomic E-state index is 11.9. The van der Waals surface area contributed by atoms with Gasteiger partial charge >= 0.3 is 0 Å². The number of aromatic nitrogens is 3. The Morgan fingerprint density at radius 2 is 2.14 bits per heavy atom. The molecule has 0 aliphatic heterocycles. The van der Waals surface area contributed by atoms with Crippen molar-refractivity contribution in [1.82, 2.24) is 15.0 Å². The SMILES string of the molecule is Cc1ccc(NC(=O)CCSc2nc3ccccc3[nH]2)nc1. The number of pyridine rings is 1. The van der Waals surface area contributed by atoms with Gasteiger partial charge in [0.05, 0.1) is 11.0 Å². The highest BCUT2D eigenvalue weighted by atomic mass is 32.2. The molecule has 5 nitrogen and oxygen atoms in total. The monoisotopic (exact) mass is 312 g/mol. The standard InChI is InChI=1S/C16H16N4OS/c1-11-6-7-14(17-10-11)20-15(21)8-9-22-16-18-12-4-2-3-5-13(12)19-16/h2-7,10H,8-9H2,1H3,(H,18,19)(H,17,20,21). The lowest BCUT2D eigenvalue weighted by atomic mass is 10.3. The normalized spacial score (nSPS) is 10.8. The van der Waals surface area contributed by atoms with Gasteiger partial charge in [-0.05, 0) is 30.7 Å². The molecule has 0 fully saturated rings. The number of nitrogens with zero attached hydrogens (tertiary/aromatic N) is 2. The van der Waals surface area contributed by atoms with E-state index in [9.17, 15) is 4.79 Å². The van der Waals surface area contributed by atoms with E-state index in [0.717, 1.165) is 21.8 Å². The Morgan fingerprint density at radius 1 is 1.27 bits per heavy atom. The van der Waals surface area contributed by atoms with Gasteiger partial charge in [0, 0.05) is 18.4 Å². The predicted molar refractivity (Wildman–Crippen MR) is 89.0 cm³/mol. The second-order valence-electron chi connectivity index (χ2n) is 4.93. The molecule has 22 heavy (non-hydrogen) atoms. The van der Waals surface area contributed by atoms with Crippen LogP contribution in [0.15, 0.2) is 47.8 Å². The van der Waals surface area contributed by atoms with Crippen LogP contribution < -0.4 is 5.32 Å². The van der Waals surface area contributed by atoms with Crippen molar-refractivity contribution in [2.24, 2.45) is 0 Å². The molecule has 112 valence electrons. The number of fused-ring (bicyclic) bond motifs is 1. The molecule has 3 rings (SSSR count). The molecule has 1 amide bonds. The Hall–Kier alpha value is -2.34. The highest BCUT2D eigenvalue weighted by molar-refractivity contribution is 7.99. The molecular formula is C16H16N4OS. The first kappa shape index (κ1) is 14.6. The molecule has 0 atom stereocenters. The van der Waals surface area contributed by atoms with Crippen molar-refractivity contribution in [3.05, 3.63) is 48.2 Å². The number of carbonyl (C=O) groups excluding carboxylic acids is 1. The Balaban J connectivity index is 1.49. The minimum atomic E-state index is -0.0417. The van der Waals surface area contributed by atoms with Gasteiger partial charge in [-0.3, -0.25) is 4.79 Å². The summed E-state index contributed by atoms with van der Waals surface area (Å²) in [5.74, 6) is 1.21. The molecule has 6 heteroatoms. The fraction of sp³-hybridized carbons (Fsp3) is 0.188. The van der Waals surface area contributed by atoms with Crippen molar-refractivity contribution in [2.45, 2.75) is 18.5 Å². The molecule has 3 aromatic rings. The minimum absolute atomic E-state index is 0.0417. The summed E-state index contributed by atoms with van der Waals surface area (Å²) in [5, 5.41) is 3.62. The van der Waals surface area contributed by atoms with Crippen molar-refractivity contribution in [3.8, 4) is 0 Å². The minimum Gasteiger partial charge on any atom is -0.333 e. The zero-order valence-corrected chi connectivity index (χ0v) is 13.0. The molecule has 0 radical (unpaired) electrons. The van der Waals surface area contributed by atoms with Crippen molar-refractivity contribution in [2.75, 3.05) is 11.1 Å². The van der Waals surface area contributed by atoms with Crippen LogP contribution in [0, 0.1) is 6.92 Å². The number of hydrogen-bond acceptors (Lipinski definition) is 4. The van der Waals surface area contributed by atoms with E-state index in [1.54, 1.807) is 12.3 Å². The Morgan fingerprint density at radius 3 is 2.91 bits per heavy atom. The topological polar surface area (TPSA) is 70.7 Å². The van der Waals surface area contributed by atoms with Crippen LogP contribution in [0.5, 0.6) is 0 Å². The Bertz CT molecular complexity index is 749. The Labute approximate surface area is 132 Å². The summed E-state index contributed by atoms with van der Waals surface area (Å²) >= 11 is 1.54. The van der Waals surface area contributed by atoms with Gasteiger partial charge in [0.1, 0.15) is 5.82 Å². The number of para-hydroxylation sites is 2. The molecule has 1 aromatic carbocycles. The first-order chi connectivity index (χ1) is 10.7. The molecular weight excluding hydrogens is 296 g/mol. The largest absolute Gasteiger partial charge is 0.333 e. The van der Waals surface area contributed by atoms with Crippen LogP contribution in [0.25, 0.3) is 11.0 Å². The highest BCUT2D eigenvalue weighted by Crippen LogP contribution is 2.19. The second kappa shape index (κ2) is 6.62. The smallest absolute Gasteiger partial charge is 0.226 e. The first-order valence-electron chi connectivity index (χ1n) is 7.01. The van der Waals surface area contributed by atoms with E-state index in [1.165, 1.54) is 11.8 Å². The third-order valence-corrected chi connectivity index (χ3v) is 3.99. The predicted octanol–water partition coefficient (Wildman–Crippen LogP) is 3.39. The van der Waals surface area contributed by atoms with E-state index >= 15 is 0 Å². The summed E-state index contributed by atoms with van der Waals surface area (Å²) in [5.41, 5.74) is 3.02.